The molecular weight excluding hydrogens is 268 g/mol. The smallest absolute Gasteiger partial charge is 0.325 e. The molecule has 1 unspecified atom stereocenters. The number of carbonyl (C=O) groups excluding carboxylic acids is 1. The molecule has 1 aliphatic heterocycles. The van der Waals surface area contributed by atoms with Gasteiger partial charge in [0.25, 0.3) is 0 Å². The molecule has 0 radical (unpaired) electrons. The van der Waals surface area contributed by atoms with Crippen molar-refractivity contribution in [2.24, 2.45) is 0 Å². The Morgan fingerprint density at radius 2 is 2.19 bits per heavy atom. The number of esters is 1. The molecule has 21 heavy (non-hydrogen) atoms. The van der Waals surface area contributed by atoms with E-state index < -0.39 is 5.54 Å². The van der Waals surface area contributed by atoms with E-state index in [1.54, 1.807) is 0 Å². The van der Waals surface area contributed by atoms with E-state index in [1.807, 2.05) is 6.92 Å². The molecule has 2 fully saturated rings. The Hall–Kier alpha value is -0.650. The summed E-state index contributed by atoms with van der Waals surface area (Å²) in [6.45, 7) is 9.97. The van der Waals surface area contributed by atoms with Crippen LogP contribution >= 0.6 is 0 Å². The number of hydrogen-bond donors (Lipinski definition) is 1. The first kappa shape index (κ1) is 16.7. The summed E-state index contributed by atoms with van der Waals surface area (Å²) >= 11 is 0. The Bertz CT molecular complexity index is 369. The van der Waals surface area contributed by atoms with Gasteiger partial charge in [-0.05, 0) is 53.0 Å². The van der Waals surface area contributed by atoms with Gasteiger partial charge in [-0.2, -0.15) is 0 Å². The summed E-state index contributed by atoms with van der Waals surface area (Å²) < 4.78 is 10.7. The molecule has 0 amide bonds. The number of nitrogens with zero attached hydrogens (tertiary/aromatic N) is 1. The molecule has 1 saturated carbocycles. The van der Waals surface area contributed by atoms with Crippen molar-refractivity contribution in [1.82, 2.24) is 10.2 Å². The van der Waals surface area contributed by atoms with Gasteiger partial charge in [0, 0.05) is 19.1 Å². The number of ether oxygens (including phenoxy) is 2. The van der Waals surface area contributed by atoms with Crippen LogP contribution in [0.3, 0.4) is 0 Å². The van der Waals surface area contributed by atoms with Gasteiger partial charge in [-0.1, -0.05) is 0 Å². The second-order valence-electron chi connectivity index (χ2n) is 7.23. The van der Waals surface area contributed by atoms with E-state index >= 15 is 0 Å². The van der Waals surface area contributed by atoms with Gasteiger partial charge in [0.2, 0.25) is 0 Å². The molecule has 1 heterocycles. The second kappa shape index (κ2) is 6.63. The van der Waals surface area contributed by atoms with Crippen molar-refractivity contribution < 1.29 is 14.3 Å². The molecule has 5 heteroatoms. The van der Waals surface area contributed by atoms with Crippen molar-refractivity contribution in [3.05, 3.63) is 0 Å². The zero-order valence-corrected chi connectivity index (χ0v) is 13.9. The number of morpholine rings is 1. The van der Waals surface area contributed by atoms with E-state index in [9.17, 15) is 4.79 Å². The van der Waals surface area contributed by atoms with Crippen LogP contribution in [0, 0.1) is 0 Å². The van der Waals surface area contributed by atoms with Crippen LogP contribution in [0.2, 0.25) is 0 Å². The van der Waals surface area contributed by atoms with Crippen LogP contribution in [-0.2, 0) is 14.3 Å². The van der Waals surface area contributed by atoms with Gasteiger partial charge in [-0.15, -0.1) is 0 Å². The molecule has 122 valence electrons. The van der Waals surface area contributed by atoms with E-state index in [2.05, 4.69) is 24.1 Å². The third kappa shape index (κ3) is 4.94. The van der Waals surface area contributed by atoms with Crippen LogP contribution in [0.4, 0.5) is 0 Å². The molecule has 5 nitrogen and oxygen atoms in total. The zero-order valence-electron chi connectivity index (χ0n) is 13.9. The van der Waals surface area contributed by atoms with Crippen LogP contribution in [0.5, 0.6) is 0 Å². The molecular formula is C16H30N2O3. The van der Waals surface area contributed by atoms with Crippen LogP contribution in [0.1, 0.15) is 46.5 Å². The molecule has 1 atom stereocenters. The molecule has 0 spiro atoms. The molecule has 0 aromatic carbocycles. The molecule has 1 aliphatic carbocycles. The Kier molecular flexibility index (Phi) is 5.28. The summed E-state index contributed by atoms with van der Waals surface area (Å²) in [5.74, 6) is -0.142. The first-order valence-corrected chi connectivity index (χ1v) is 8.07. The van der Waals surface area contributed by atoms with Crippen LogP contribution < -0.4 is 5.32 Å². The second-order valence-corrected chi connectivity index (χ2v) is 7.23. The van der Waals surface area contributed by atoms with Crippen molar-refractivity contribution in [3.63, 3.8) is 0 Å². The van der Waals surface area contributed by atoms with E-state index in [1.165, 1.54) is 20.0 Å². The fourth-order valence-electron chi connectivity index (χ4n) is 3.10. The standard InChI is InChI=1S/C16H30N2O3/c1-15(2)12-18(10-11-21-15)9-5-8-16(3,14(19)20-4)17-13-6-7-13/h13,17H,5-12H2,1-4H3. The number of carbonyl (C=O) groups is 1. The highest BCUT2D eigenvalue weighted by atomic mass is 16.5. The third-order valence-electron chi connectivity index (χ3n) is 4.39. The monoisotopic (exact) mass is 298 g/mol. The lowest BCUT2D eigenvalue weighted by Gasteiger charge is -2.38. The largest absolute Gasteiger partial charge is 0.468 e. The minimum atomic E-state index is -0.544. The van der Waals surface area contributed by atoms with Crippen molar-refractivity contribution in [3.8, 4) is 0 Å². The maximum Gasteiger partial charge on any atom is 0.325 e. The number of methoxy groups -OCH3 is 1. The average Bonchev–Trinajstić information content (AvgIpc) is 3.20. The summed E-state index contributed by atoms with van der Waals surface area (Å²) in [7, 11) is 1.47. The van der Waals surface area contributed by atoms with Gasteiger partial charge in [0.05, 0.1) is 19.3 Å². The van der Waals surface area contributed by atoms with Crippen molar-refractivity contribution in [1.29, 1.82) is 0 Å². The van der Waals surface area contributed by atoms with E-state index in [0.717, 1.165) is 39.1 Å². The zero-order chi connectivity index (χ0) is 15.5. The average molecular weight is 298 g/mol. The number of hydrogen-bond acceptors (Lipinski definition) is 5. The lowest BCUT2D eigenvalue weighted by atomic mass is 9.95. The van der Waals surface area contributed by atoms with Crippen LogP contribution in [0.15, 0.2) is 0 Å². The van der Waals surface area contributed by atoms with E-state index in [0.29, 0.717) is 6.04 Å². The lowest BCUT2D eigenvalue weighted by molar-refractivity contribution is -0.148. The Morgan fingerprint density at radius 1 is 1.48 bits per heavy atom. The highest BCUT2D eigenvalue weighted by Crippen LogP contribution is 2.26. The highest BCUT2D eigenvalue weighted by molar-refractivity contribution is 5.80. The predicted octanol–water partition coefficient (Wildman–Crippen LogP) is 1.56. The Labute approximate surface area is 128 Å². The van der Waals surface area contributed by atoms with Gasteiger partial charge < -0.3 is 9.47 Å². The van der Waals surface area contributed by atoms with Gasteiger partial charge in [-0.3, -0.25) is 15.0 Å². The topological polar surface area (TPSA) is 50.8 Å². The lowest BCUT2D eigenvalue weighted by Crippen LogP contribution is -2.52. The molecule has 1 saturated heterocycles. The Morgan fingerprint density at radius 3 is 2.76 bits per heavy atom. The summed E-state index contributed by atoms with van der Waals surface area (Å²) in [5.41, 5.74) is -0.603. The minimum Gasteiger partial charge on any atom is -0.468 e. The molecule has 2 rings (SSSR count). The first-order chi connectivity index (χ1) is 9.85. The minimum absolute atomic E-state index is 0.0594. The Balaban J connectivity index is 1.80. The predicted molar refractivity (Wildman–Crippen MR) is 82.3 cm³/mol. The quantitative estimate of drug-likeness (QED) is 0.723. The molecule has 1 N–H and O–H groups in total. The van der Waals surface area contributed by atoms with Crippen molar-refractivity contribution >= 4 is 5.97 Å². The van der Waals surface area contributed by atoms with Gasteiger partial charge in [0.15, 0.2) is 0 Å². The van der Waals surface area contributed by atoms with Gasteiger partial charge in [-0.25, -0.2) is 0 Å². The van der Waals surface area contributed by atoms with Crippen LogP contribution in [0.25, 0.3) is 0 Å². The molecule has 0 aromatic heterocycles. The SMILES string of the molecule is COC(=O)C(C)(CCCN1CCOC(C)(C)C1)NC1CC1. The van der Waals surface area contributed by atoms with Crippen LogP contribution in [-0.4, -0.2) is 61.4 Å². The normalized spacial score (nSPS) is 25.3. The molecule has 2 aliphatic rings. The molecule has 0 bridgehead atoms. The maximum atomic E-state index is 12.1. The summed E-state index contributed by atoms with van der Waals surface area (Å²) in [6.07, 6.45) is 4.14. The number of nitrogens with one attached hydrogen (secondary N) is 1. The van der Waals surface area contributed by atoms with Gasteiger partial charge >= 0.3 is 5.97 Å². The summed E-state index contributed by atoms with van der Waals surface area (Å²) in [5, 5.41) is 3.45. The molecule has 0 aromatic rings. The third-order valence-corrected chi connectivity index (χ3v) is 4.39. The van der Waals surface area contributed by atoms with E-state index in [-0.39, 0.29) is 11.6 Å². The highest BCUT2D eigenvalue weighted by Gasteiger charge is 2.39. The van der Waals surface area contributed by atoms with Gasteiger partial charge in [0.1, 0.15) is 5.54 Å². The van der Waals surface area contributed by atoms with Crippen molar-refractivity contribution in [2.45, 2.75) is 63.6 Å². The summed E-state index contributed by atoms with van der Waals surface area (Å²) in [4.78, 5) is 14.5. The van der Waals surface area contributed by atoms with Crippen molar-refractivity contribution in [2.75, 3.05) is 33.4 Å². The first-order valence-electron chi connectivity index (χ1n) is 8.07. The number of rotatable bonds is 7. The fourth-order valence-corrected chi connectivity index (χ4v) is 3.10. The maximum absolute atomic E-state index is 12.1. The summed E-state index contributed by atoms with van der Waals surface area (Å²) in [6, 6.07) is 0.497. The fraction of sp³-hybridized carbons (Fsp3) is 0.938. The van der Waals surface area contributed by atoms with E-state index in [4.69, 9.17) is 9.47 Å².